The minimum atomic E-state index is -0.198. The number of hydrogen-bond donors (Lipinski definition) is 1. The van der Waals surface area contributed by atoms with E-state index in [0.29, 0.717) is 10.6 Å². The highest BCUT2D eigenvalue weighted by Gasteiger charge is 2.04. The van der Waals surface area contributed by atoms with Crippen molar-refractivity contribution in [1.82, 2.24) is 20.2 Å². The Morgan fingerprint density at radius 2 is 2.14 bits per heavy atom. The zero-order valence-corrected chi connectivity index (χ0v) is 8.04. The molecule has 0 saturated carbocycles. The Labute approximate surface area is 82.6 Å². The van der Waals surface area contributed by atoms with Crippen LogP contribution in [0.25, 0.3) is 10.6 Å². The third kappa shape index (κ3) is 1.62. The molecular weight excluding hydrogens is 204 g/mol. The standard InChI is InChI=1S/C7H6N4O2S/c1-13-6-8-2-4(3-9-6)5-10-11-7(12)14-5/h2-3H,1H3,(H,11,12). The van der Waals surface area contributed by atoms with Crippen LogP contribution in [-0.4, -0.2) is 27.3 Å². The van der Waals surface area contributed by atoms with Gasteiger partial charge < -0.3 is 4.74 Å². The van der Waals surface area contributed by atoms with Crippen LogP contribution in [0, 0.1) is 0 Å². The van der Waals surface area contributed by atoms with Gasteiger partial charge in [-0.15, -0.1) is 0 Å². The molecule has 0 unspecified atom stereocenters. The number of ether oxygens (including phenoxy) is 1. The van der Waals surface area contributed by atoms with Gasteiger partial charge in [0.25, 0.3) is 0 Å². The van der Waals surface area contributed by atoms with Crippen molar-refractivity contribution < 1.29 is 4.74 Å². The minimum Gasteiger partial charge on any atom is -0.467 e. The summed E-state index contributed by atoms with van der Waals surface area (Å²) in [6.45, 7) is 0. The van der Waals surface area contributed by atoms with Crippen LogP contribution in [0.5, 0.6) is 6.01 Å². The normalized spacial score (nSPS) is 10.1. The van der Waals surface area contributed by atoms with Crippen molar-refractivity contribution in [1.29, 1.82) is 0 Å². The van der Waals surface area contributed by atoms with Gasteiger partial charge in [-0.3, -0.25) is 4.79 Å². The number of aromatic amines is 1. The second-order valence-corrected chi connectivity index (χ2v) is 3.34. The van der Waals surface area contributed by atoms with Crippen molar-refractivity contribution in [3.8, 4) is 16.6 Å². The molecule has 0 radical (unpaired) electrons. The quantitative estimate of drug-likeness (QED) is 0.770. The Balaban J connectivity index is 2.38. The van der Waals surface area contributed by atoms with Gasteiger partial charge in [0.05, 0.1) is 7.11 Å². The maximum Gasteiger partial charge on any atom is 0.322 e. The first-order valence-electron chi connectivity index (χ1n) is 3.71. The van der Waals surface area contributed by atoms with Gasteiger partial charge in [0.15, 0.2) is 5.01 Å². The summed E-state index contributed by atoms with van der Waals surface area (Å²) >= 11 is 1.01. The van der Waals surface area contributed by atoms with Crippen LogP contribution in [0.4, 0.5) is 0 Å². The molecule has 2 aromatic heterocycles. The first-order chi connectivity index (χ1) is 6.79. The molecule has 0 amide bonds. The van der Waals surface area contributed by atoms with Gasteiger partial charge in [-0.1, -0.05) is 11.3 Å². The average Bonchev–Trinajstić information content (AvgIpc) is 2.65. The van der Waals surface area contributed by atoms with Crippen LogP contribution in [0.15, 0.2) is 17.2 Å². The van der Waals surface area contributed by atoms with E-state index in [2.05, 4.69) is 20.2 Å². The summed E-state index contributed by atoms with van der Waals surface area (Å²) in [5.41, 5.74) is 0.689. The fourth-order valence-corrected chi connectivity index (χ4v) is 1.47. The Hall–Kier alpha value is -1.76. The SMILES string of the molecule is COc1ncc(-c2n[nH]c(=O)s2)cn1. The van der Waals surface area contributed by atoms with Crippen molar-refractivity contribution in [2.24, 2.45) is 0 Å². The molecule has 0 aromatic carbocycles. The third-order valence-corrected chi connectivity index (χ3v) is 2.29. The second kappa shape index (κ2) is 3.54. The number of methoxy groups -OCH3 is 1. The van der Waals surface area contributed by atoms with Crippen LogP contribution in [0.2, 0.25) is 0 Å². The fourth-order valence-electron chi connectivity index (χ4n) is 0.885. The Morgan fingerprint density at radius 3 is 2.64 bits per heavy atom. The molecular formula is C7H6N4O2S. The molecule has 1 N–H and O–H groups in total. The fraction of sp³-hybridized carbons (Fsp3) is 0.143. The van der Waals surface area contributed by atoms with Gasteiger partial charge >= 0.3 is 10.9 Å². The van der Waals surface area contributed by atoms with E-state index in [0.717, 1.165) is 11.3 Å². The molecule has 2 aromatic rings. The van der Waals surface area contributed by atoms with E-state index in [9.17, 15) is 4.79 Å². The summed E-state index contributed by atoms with van der Waals surface area (Å²) in [6.07, 6.45) is 3.11. The van der Waals surface area contributed by atoms with Gasteiger partial charge in [0.2, 0.25) is 0 Å². The highest BCUT2D eigenvalue weighted by molar-refractivity contribution is 7.12. The lowest BCUT2D eigenvalue weighted by Crippen LogP contribution is -1.91. The van der Waals surface area contributed by atoms with Gasteiger partial charge in [-0.05, 0) is 0 Å². The number of rotatable bonds is 2. The van der Waals surface area contributed by atoms with Crippen molar-refractivity contribution in [2.45, 2.75) is 0 Å². The molecule has 0 fully saturated rings. The summed E-state index contributed by atoms with van der Waals surface area (Å²) in [6, 6.07) is 0.289. The van der Waals surface area contributed by atoms with E-state index in [4.69, 9.17) is 4.74 Å². The van der Waals surface area contributed by atoms with Gasteiger partial charge in [-0.25, -0.2) is 15.1 Å². The first kappa shape index (κ1) is 8.82. The monoisotopic (exact) mass is 210 g/mol. The topological polar surface area (TPSA) is 80.8 Å². The molecule has 0 spiro atoms. The molecule has 6 nitrogen and oxygen atoms in total. The molecule has 0 aliphatic carbocycles. The van der Waals surface area contributed by atoms with Crippen molar-refractivity contribution in [3.63, 3.8) is 0 Å². The lowest BCUT2D eigenvalue weighted by Gasteiger charge is -1.96. The zero-order chi connectivity index (χ0) is 9.97. The van der Waals surface area contributed by atoms with E-state index in [1.165, 1.54) is 7.11 Å². The molecule has 0 bridgehead atoms. The minimum absolute atomic E-state index is 0.198. The number of hydrogen-bond acceptors (Lipinski definition) is 6. The van der Waals surface area contributed by atoms with E-state index in [1.54, 1.807) is 12.4 Å². The zero-order valence-electron chi connectivity index (χ0n) is 7.22. The molecule has 72 valence electrons. The number of H-pyrrole nitrogens is 1. The van der Waals surface area contributed by atoms with Gasteiger partial charge in [0, 0.05) is 18.0 Å². The van der Waals surface area contributed by atoms with Crippen LogP contribution in [0.1, 0.15) is 0 Å². The predicted octanol–water partition coefficient (Wildman–Crippen LogP) is 0.297. The molecule has 14 heavy (non-hydrogen) atoms. The van der Waals surface area contributed by atoms with Gasteiger partial charge in [0.1, 0.15) is 0 Å². The maximum absolute atomic E-state index is 10.8. The van der Waals surface area contributed by atoms with Crippen molar-refractivity contribution in [3.05, 3.63) is 22.1 Å². The smallest absolute Gasteiger partial charge is 0.322 e. The van der Waals surface area contributed by atoms with Crippen molar-refractivity contribution in [2.75, 3.05) is 7.11 Å². The van der Waals surface area contributed by atoms with E-state index >= 15 is 0 Å². The van der Waals surface area contributed by atoms with Crippen LogP contribution in [0.3, 0.4) is 0 Å². The summed E-state index contributed by atoms with van der Waals surface area (Å²) in [5, 5.41) is 6.69. The maximum atomic E-state index is 10.8. The van der Waals surface area contributed by atoms with E-state index in [-0.39, 0.29) is 10.9 Å². The molecule has 2 heterocycles. The molecule has 0 atom stereocenters. The van der Waals surface area contributed by atoms with Gasteiger partial charge in [-0.2, -0.15) is 5.10 Å². The van der Waals surface area contributed by atoms with Crippen LogP contribution in [-0.2, 0) is 0 Å². The largest absolute Gasteiger partial charge is 0.467 e. The highest BCUT2D eigenvalue weighted by atomic mass is 32.1. The Bertz CT molecular complexity index is 475. The number of nitrogens with zero attached hydrogens (tertiary/aromatic N) is 3. The molecule has 2 rings (SSSR count). The van der Waals surface area contributed by atoms with Crippen LogP contribution >= 0.6 is 11.3 Å². The lowest BCUT2D eigenvalue weighted by molar-refractivity contribution is 0.380. The Morgan fingerprint density at radius 1 is 1.43 bits per heavy atom. The Kier molecular flexibility index (Phi) is 2.23. The van der Waals surface area contributed by atoms with E-state index in [1.807, 2.05) is 0 Å². The summed E-state index contributed by atoms with van der Waals surface area (Å²) in [7, 11) is 1.49. The molecule has 0 aliphatic rings. The second-order valence-electron chi connectivity index (χ2n) is 2.38. The molecule has 0 saturated heterocycles. The average molecular weight is 210 g/mol. The highest BCUT2D eigenvalue weighted by Crippen LogP contribution is 2.16. The van der Waals surface area contributed by atoms with E-state index < -0.39 is 0 Å². The summed E-state index contributed by atoms with van der Waals surface area (Å²) in [5.74, 6) is 0. The van der Waals surface area contributed by atoms with Crippen LogP contribution < -0.4 is 9.61 Å². The van der Waals surface area contributed by atoms with Crippen molar-refractivity contribution >= 4 is 11.3 Å². The summed E-state index contributed by atoms with van der Waals surface area (Å²) in [4.78, 5) is 18.4. The number of aromatic nitrogens is 4. The third-order valence-electron chi connectivity index (χ3n) is 1.50. The molecule has 7 heteroatoms. The first-order valence-corrected chi connectivity index (χ1v) is 4.53. The lowest BCUT2D eigenvalue weighted by atomic mass is 10.4. The number of nitrogens with one attached hydrogen (secondary N) is 1. The summed E-state index contributed by atoms with van der Waals surface area (Å²) < 4.78 is 4.80. The molecule has 0 aliphatic heterocycles. The predicted molar refractivity (Wildman–Crippen MR) is 50.3 cm³/mol.